The van der Waals surface area contributed by atoms with Crippen LogP contribution in [0.1, 0.15) is 27.7 Å². The van der Waals surface area contributed by atoms with Gasteiger partial charge in [-0.05, 0) is 27.7 Å². The molecule has 0 aromatic heterocycles. The molecule has 0 aromatic rings. The quantitative estimate of drug-likeness (QED) is 0.463. The molecule has 0 heterocycles. The standard InChI is InChI=1S/C8H15NO3/c1-5-12-7(11)6(10)9-8(2,3)4/h5H2,1-4H3,(H,9,10). The van der Waals surface area contributed by atoms with Crippen LogP contribution in [0.15, 0.2) is 0 Å². The van der Waals surface area contributed by atoms with Gasteiger partial charge in [0.2, 0.25) is 0 Å². The van der Waals surface area contributed by atoms with Gasteiger partial charge in [-0.3, -0.25) is 4.79 Å². The topological polar surface area (TPSA) is 55.4 Å². The zero-order valence-corrected chi connectivity index (χ0v) is 7.93. The van der Waals surface area contributed by atoms with Crippen LogP contribution in [0.5, 0.6) is 0 Å². The number of nitrogens with one attached hydrogen (secondary N) is 1. The number of rotatable bonds is 1. The van der Waals surface area contributed by atoms with Crippen LogP contribution in [-0.4, -0.2) is 24.0 Å². The van der Waals surface area contributed by atoms with Gasteiger partial charge in [-0.25, -0.2) is 4.79 Å². The van der Waals surface area contributed by atoms with Crippen molar-refractivity contribution in [3.05, 3.63) is 0 Å². The molecule has 0 saturated heterocycles. The Bertz CT molecular complexity index is 181. The minimum Gasteiger partial charge on any atom is -0.459 e. The molecule has 70 valence electrons. The predicted octanol–water partition coefficient (Wildman–Crippen LogP) is 0.464. The van der Waals surface area contributed by atoms with Crippen molar-refractivity contribution in [1.82, 2.24) is 5.32 Å². The van der Waals surface area contributed by atoms with E-state index in [0.717, 1.165) is 0 Å². The van der Waals surface area contributed by atoms with E-state index < -0.39 is 17.4 Å². The second-order valence-electron chi connectivity index (χ2n) is 3.42. The molecule has 0 saturated carbocycles. The van der Waals surface area contributed by atoms with Crippen molar-refractivity contribution in [3.63, 3.8) is 0 Å². The molecule has 4 heteroatoms. The van der Waals surface area contributed by atoms with Crippen LogP contribution in [0.3, 0.4) is 0 Å². The van der Waals surface area contributed by atoms with Crippen LogP contribution in [-0.2, 0) is 14.3 Å². The van der Waals surface area contributed by atoms with Gasteiger partial charge >= 0.3 is 11.9 Å². The summed E-state index contributed by atoms with van der Waals surface area (Å²) in [5, 5.41) is 2.49. The molecule has 0 unspecified atom stereocenters. The first kappa shape index (κ1) is 10.9. The van der Waals surface area contributed by atoms with Gasteiger partial charge in [0.15, 0.2) is 0 Å². The second-order valence-corrected chi connectivity index (χ2v) is 3.42. The summed E-state index contributed by atoms with van der Waals surface area (Å²) in [5.74, 6) is -1.52. The summed E-state index contributed by atoms with van der Waals surface area (Å²) in [5.41, 5.74) is -0.399. The van der Waals surface area contributed by atoms with E-state index in [1.807, 2.05) is 0 Å². The lowest BCUT2D eigenvalue weighted by Gasteiger charge is -2.19. The highest BCUT2D eigenvalue weighted by atomic mass is 16.5. The van der Waals surface area contributed by atoms with Crippen molar-refractivity contribution in [3.8, 4) is 0 Å². The average Bonchev–Trinajstić information content (AvgIpc) is 1.84. The molecule has 0 atom stereocenters. The number of ether oxygens (including phenoxy) is 1. The third-order valence-corrected chi connectivity index (χ3v) is 0.949. The van der Waals surface area contributed by atoms with Gasteiger partial charge in [0.25, 0.3) is 0 Å². The summed E-state index contributed by atoms with van der Waals surface area (Å²) in [6.45, 7) is 7.26. The van der Waals surface area contributed by atoms with E-state index in [0.29, 0.717) is 0 Å². The van der Waals surface area contributed by atoms with Crippen LogP contribution in [0.4, 0.5) is 0 Å². The number of carbonyl (C=O) groups excluding carboxylic acids is 2. The summed E-state index contributed by atoms with van der Waals surface area (Å²) in [6, 6.07) is 0. The van der Waals surface area contributed by atoms with E-state index in [4.69, 9.17) is 0 Å². The first-order valence-electron chi connectivity index (χ1n) is 3.86. The molecular formula is C8H15NO3. The van der Waals surface area contributed by atoms with Gasteiger partial charge < -0.3 is 10.1 Å². The zero-order valence-electron chi connectivity index (χ0n) is 7.93. The van der Waals surface area contributed by atoms with Crippen LogP contribution in [0.25, 0.3) is 0 Å². The summed E-state index contributed by atoms with van der Waals surface area (Å²) >= 11 is 0. The van der Waals surface area contributed by atoms with Gasteiger partial charge in [-0.2, -0.15) is 0 Å². The van der Waals surface area contributed by atoms with Crippen LogP contribution in [0.2, 0.25) is 0 Å². The van der Waals surface area contributed by atoms with E-state index in [9.17, 15) is 9.59 Å². The van der Waals surface area contributed by atoms with Gasteiger partial charge in [0.05, 0.1) is 6.61 Å². The highest BCUT2D eigenvalue weighted by molar-refractivity contribution is 6.32. The van der Waals surface area contributed by atoms with Crippen molar-refractivity contribution < 1.29 is 14.3 Å². The maximum absolute atomic E-state index is 11.0. The maximum Gasteiger partial charge on any atom is 0.396 e. The molecule has 4 nitrogen and oxygen atoms in total. The number of amides is 1. The Kier molecular flexibility index (Phi) is 3.73. The Hall–Kier alpha value is -1.06. The summed E-state index contributed by atoms with van der Waals surface area (Å²) in [7, 11) is 0. The third-order valence-electron chi connectivity index (χ3n) is 0.949. The largest absolute Gasteiger partial charge is 0.459 e. The molecule has 0 aliphatic rings. The molecule has 0 aliphatic carbocycles. The lowest BCUT2D eigenvalue weighted by molar-refractivity contribution is -0.155. The van der Waals surface area contributed by atoms with Crippen LogP contribution >= 0.6 is 0 Å². The van der Waals surface area contributed by atoms with Gasteiger partial charge in [0.1, 0.15) is 0 Å². The summed E-state index contributed by atoms with van der Waals surface area (Å²) < 4.78 is 4.50. The van der Waals surface area contributed by atoms with E-state index in [1.54, 1.807) is 27.7 Å². The Morgan fingerprint density at radius 2 is 1.83 bits per heavy atom. The minimum atomic E-state index is -0.826. The van der Waals surface area contributed by atoms with E-state index >= 15 is 0 Å². The van der Waals surface area contributed by atoms with E-state index in [1.165, 1.54) is 0 Å². The normalized spacial score (nSPS) is 10.7. The number of hydrogen-bond acceptors (Lipinski definition) is 3. The monoisotopic (exact) mass is 173 g/mol. The molecule has 1 amide bonds. The number of carbonyl (C=O) groups is 2. The van der Waals surface area contributed by atoms with Gasteiger partial charge in [-0.15, -0.1) is 0 Å². The summed E-state index contributed by atoms with van der Waals surface area (Å²) in [4.78, 5) is 21.7. The molecule has 0 spiro atoms. The van der Waals surface area contributed by atoms with Crippen molar-refractivity contribution in [2.45, 2.75) is 33.2 Å². The van der Waals surface area contributed by atoms with Crippen LogP contribution < -0.4 is 5.32 Å². The fourth-order valence-electron chi connectivity index (χ4n) is 0.588. The van der Waals surface area contributed by atoms with E-state index in [-0.39, 0.29) is 6.61 Å². The molecular weight excluding hydrogens is 158 g/mol. The SMILES string of the molecule is CCOC(=O)C(=O)NC(C)(C)C. The first-order valence-corrected chi connectivity index (χ1v) is 3.86. The van der Waals surface area contributed by atoms with Crippen LogP contribution in [0, 0.1) is 0 Å². The lowest BCUT2D eigenvalue weighted by Crippen LogP contribution is -2.44. The molecule has 12 heavy (non-hydrogen) atoms. The lowest BCUT2D eigenvalue weighted by atomic mass is 10.1. The Morgan fingerprint density at radius 1 is 1.33 bits per heavy atom. The van der Waals surface area contributed by atoms with Crippen molar-refractivity contribution in [2.75, 3.05) is 6.61 Å². The number of hydrogen-bond donors (Lipinski definition) is 1. The maximum atomic E-state index is 11.0. The zero-order chi connectivity index (χ0) is 9.78. The molecule has 0 aliphatic heterocycles. The third kappa shape index (κ3) is 4.71. The predicted molar refractivity (Wildman–Crippen MR) is 44.5 cm³/mol. The molecule has 0 bridgehead atoms. The highest BCUT2D eigenvalue weighted by Gasteiger charge is 2.20. The van der Waals surface area contributed by atoms with Crippen molar-refractivity contribution >= 4 is 11.9 Å². The Balaban J connectivity index is 3.97. The first-order chi connectivity index (χ1) is 5.37. The molecule has 0 aromatic carbocycles. The minimum absolute atomic E-state index is 0.219. The molecule has 0 rings (SSSR count). The summed E-state index contributed by atoms with van der Waals surface area (Å²) in [6.07, 6.45) is 0. The van der Waals surface area contributed by atoms with Gasteiger partial charge in [0, 0.05) is 5.54 Å². The number of esters is 1. The Labute approximate surface area is 72.3 Å². The van der Waals surface area contributed by atoms with E-state index in [2.05, 4.69) is 10.1 Å². The van der Waals surface area contributed by atoms with Gasteiger partial charge in [-0.1, -0.05) is 0 Å². The smallest absolute Gasteiger partial charge is 0.396 e. The molecule has 0 radical (unpaired) electrons. The Morgan fingerprint density at radius 3 is 2.17 bits per heavy atom. The van der Waals surface area contributed by atoms with Crippen molar-refractivity contribution in [1.29, 1.82) is 0 Å². The van der Waals surface area contributed by atoms with Crippen molar-refractivity contribution in [2.24, 2.45) is 0 Å². The second kappa shape index (κ2) is 4.09. The molecule has 0 fully saturated rings. The average molecular weight is 173 g/mol. The fraction of sp³-hybridized carbons (Fsp3) is 0.750. The molecule has 1 N–H and O–H groups in total. The fourth-order valence-corrected chi connectivity index (χ4v) is 0.588. The highest BCUT2D eigenvalue weighted by Crippen LogP contribution is 1.98.